The van der Waals surface area contributed by atoms with E-state index >= 15 is 0 Å². The number of hydrogen-bond donors (Lipinski definition) is 3. The van der Waals surface area contributed by atoms with E-state index in [1.165, 1.54) is 6.20 Å². The van der Waals surface area contributed by atoms with Gasteiger partial charge < -0.3 is 10.7 Å². The topological polar surface area (TPSA) is 80.0 Å². The Bertz CT molecular complexity index is 603. The Hall–Kier alpha value is -1.63. The highest BCUT2D eigenvalue weighted by molar-refractivity contribution is 9.10. The second-order valence-corrected chi connectivity index (χ2v) is 4.98. The number of aromatic nitrogens is 1. The average molecular weight is 342 g/mol. The summed E-state index contributed by atoms with van der Waals surface area (Å²) in [5, 5.41) is 3.16. The summed E-state index contributed by atoms with van der Waals surface area (Å²) in [7, 11) is 0. The largest absolute Gasteiger partial charge is 0.321 e. The molecule has 0 bridgehead atoms. The summed E-state index contributed by atoms with van der Waals surface area (Å²) < 4.78 is 0.843. The Balaban J connectivity index is 2.15. The number of hydrogen-bond acceptors (Lipinski definition) is 4. The molecule has 0 spiro atoms. The van der Waals surface area contributed by atoms with Crippen LogP contribution in [0.15, 0.2) is 41.0 Å². The lowest BCUT2D eigenvalue weighted by molar-refractivity contribution is 0.102. The molecule has 98 valence electrons. The fourth-order valence-electron chi connectivity index (χ4n) is 1.40. The number of nitrogens with zero attached hydrogens (tertiary/aromatic N) is 1. The third-order valence-electron chi connectivity index (χ3n) is 2.35. The van der Waals surface area contributed by atoms with Crippen molar-refractivity contribution >= 4 is 44.9 Å². The summed E-state index contributed by atoms with van der Waals surface area (Å²) in [6.07, 6.45) is 1.43. The molecule has 2 rings (SSSR count). The van der Waals surface area contributed by atoms with E-state index in [1.54, 1.807) is 30.3 Å². The highest BCUT2D eigenvalue weighted by Gasteiger charge is 2.09. The van der Waals surface area contributed by atoms with Crippen LogP contribution < -0.4 is 16.6 Å². The number of nitrogen functional groups attached to an aromatic ring is 1. The predicted molar refractivity (Wildman–Crippen MR) is 79.2 cm³/mol. The summed E-state index contributed by atoms with van der Waals surface area (Å²) in [4.78, 5) is 15.9. The Labute approximate surface area is 123 Å². The van der Waals surface area contributed by atoms with E-state index in [0.717, 1.165) is 4.47 Å². The smallest absolute Gasteiger partial charge is 0.257 e. The van der Waals surface area contributed by atoms with Gasteiger partial charge in [-0.25, -0.2) is 10.8 Å². The molecule has 2 aromatic rings. The van der Waals surface area contributed by atoms with Crippen molar-refractivity contribution in [3.05, 3.63) is 51.6 Å². The van der Waals surface area contributed by atoms with E-state index in [4.69, 9.17) is 17.4 Å². The highest BCUT2D eigenvalue weighted by atomic mass is 79.9. The summed E-state index contributed by atoms with van der Waals surface area (Å²) in [6, 6.07) is 8.44. The second kappa shape index (κ2) is 6.01. The van der Waals surface area contributed by atoms with Crippen LogP contribution in [0.2, 0.25) is 5.02 Å². The number of hydrazine groups is 1. The molecule has 0 saturated carbocycles. The number of rotatable bonds is 3. The molecule has 19 heavy (non-hydrogen) atoms. The van der Waals surface area contributed by atoms with E-state index < -0.39 is 0 Å². The van der Waals surface area contributed by atoms with Gasteiger partial charge in [0, 0.05) is 10.7 Å². The van der Waals surface area contributed by atoms with Crippen molar-refractivity contribution in [3.8, 4) is 0 Å². The zero-order valence-corrected chi connectivity index (χ0v) is 12.0. The Morgan fingerprint density at radius 2 is 2.11 bits per heavy atom. The second-order valence-electron chi connectivity index (χ2n) is 3.65. The van der Waals surface area contributed by atoms with Gasteiger partial charge >= 0.3 is 0 Å². The number of amides is 1. The normalized spacial score (nSPS) is 10.1. The van der Waals surface area contributed by atoms with Gasteiger partial charge in [-0.15, -0.1) is 0 Å². The predicted octanol–water partition coefficient (Wildman–Crippen LogP) is 3.04. The first-order valence-electron chi connectivity index (χ1n) is 5.29. The number of carbonyl (C=O) groups excluding carboxylic acids is 1. The van der Waals surface area contributed by atoms with E-state index in [1.807, 2.05) is 0 Å². The van der Waals surface area contributed by atoms with Gasteiger partial charge in [-0.2, -0.15) is 0 Å². The molecule has 0 aliphatic heterocycles. The number of anilines is 2. The summed E-state index contributed by atoms with van der Waals surface area (Å²) in [6.45, 7) is 0. The van der Waals surface area contributed by atoms with Crippen LogP contribution in [0.25, 0.3) is 0 Å². The molecule has 1 aromatic heterocycles. The summed E-state index contributed by atoms with van der Waals surface area (Å²) >= 11 is 9.32. The Morgan fingerprint density at radius 1 is 1.32 bits per heavy atom. The molecule has 0 atom stereocenters. The fraction of sp³-hybridized carbons (Fsp3) is 0. The molecular formula is C12H10BrClN4O. The van der Waals surface area contributed by atoms with Gasteiger partial charge in [0.05, 0.1) is 16.3 Å². The molecule has 0 fully saturated rings. The molecule has 1 amide bonds. The molecule has 4 N–H and O–H groups in total. The number of nitrogens with two attached hydrogens (primary N) is 1. The lowest BCUT2D eigenvalue weighted by Gasteiger charge is -2.07. The van der Waals surface area contributed by atoms with Crippen molar-refractivity contribution < 1.29 is 4.79 Å². The molecule has 5 nitrogen and oxygen atoms in total. The van der Waals surface area contributed by atoms with E-state index in [9.17, 15) is 4.79 Å². The molecule has 0 saturated heterocycles. The van der Waals surface area contributed by atoms with Crippen LogP contribution in [-0.2, 0) is 0 Å². The number of benzene rings is 1. The maximum absolute atomic E-state index is 12.0. The Kier molecular flexibility index (Phi) is 4.36. The minimum absolute atomic E-state index is 0.291. The fourth-order valence-corrected chi connectivity index (χ4v) is 2.12. The molecule has 7 heteroatoms. The van der Waals surface area contributed by atoms with Gasteiger partial charge in [-0.1, -0.05) is 27.5 Å². The summed E-state index contributed by atoms with van der Waals surface area (Å²) in [5.74, 6) is 5.39. The van der Waals surface area contributed by atoms with Crippen molar-refractivity contribution in [2.24, 2.45) is 5.84 Å². The molecule has 1 aromatic carbocycles. The number of carbonyl (C=O) groups is 1. The average Bonchev–Trinajstić information content (AvgIpc) is 2.42. The monoisotopic (exact) mass is 340 g/mol. The quantitative estimate of drug-likeness (QED) is 0.592. The van der Waals surface area contributed by atoms with Gasteiger partial charge in [0.25, 0.3) is 5.91 Å². The van der Waals surface area contributed by atoms with Gasteiger partial charge in [-0.3, -0.25) is 4.79 Å². The van der Waals surface area contributed by atoms with E-state index in [0.29, 0.717) is 22.1 Å². The summed E-state index contributed by atoms with van der Waals surface area (Å²) in [5.41, 5.74) is 3.34. The molecule has 0 radical (unpaired) electrons. The molecule has 0 unspecified atom stereocenters. The van der Waals surface area contributed by atoms with Crippen LogP contribution in [0.1, 0.15) is 10.4 Å². The third-order valence-corrected chi connectivity index (χ3v) is 3.16. The lowest BCUT2D eigenvalue weighted by atomic mass is 10.2. The maximum atomic E-state index is 12.0. The van der Waals surface area contributed by atoms with Crippen molar-refractivity contribution in [1.29, 1.82) is 0 Å². The van der Waals surface area contributed by atoms with E-state index in [-0.39, 0.29) is 5.91 Å². The molecular weight excluding hydrogens is 332 g/mol. The molecule has 1 heterocycles. The van der Waals surface area contributed by atoms with Crippen LogP contribution in [-0.4, -0.2) is 10.9 Å². The molecule has 0 aliphatic carbocycles. The highest BCUT2D eigenvalue weighted by Crippen LogP contribution is 2.26. The first kappa shape index (κ1) is 13.8. The third kappa shape index (κ3) is 3.44. The maximum Gasteiger partial charge on any atom is 0.257 e. The van der Waals surface area contributed by atoms with Crippen LogP contribution in [0.4, 0.5) is 11.5 Å². The van der Waals surface area contributed by atoms with Crippen molar-refractivity contribution in [2.75, 3.05) is 10.7 Å². The van der Waals surface area contributed by atoms with Gasteiger partial charge in [-0.05, 0) is 30.3 Å². The van der Waals surface area contributed by atoms with E-state index in [2.05, 4.69) is 31.7 Å². The number of nitrogens with one attached hydrogen (secondary N) is 2. The van der Waals surface area contributed by atoms with Gasteiger partial charge in [0.15, 0.2) is 0 Å². The zero-order chi connectivity index (χ0) is 13.8. The van der Waals surface area contributed by atoms with Gasteiger partial charge in [0.1, 0.15) is 5.82 Å². The van der Waals surface area contributed by atoms with Crippen molar-refractivity contribution in [3.63, 3.8) is 0 Å². The number of halogens is 2. The van der Waals surface area contributed by atoms with Crippen molar-refractivity contribution in [1.82, 2.24) is 4.98 Å². The van der Waals surface area contributed by atoms with Crippen LogP contribution in [0, 0.1) is 0 Å². The lowest BCUT2D eigenvalue weighted by Crippen LogP contribution is -2.14. The van der Waals surface area contributed by atoms with Crippen LogP contribution in [0.3, 0.4) is 0 Å². The minimum atomic E-state index is -0.291. The van der Waals surface area contributed by atoms with Gasteiger partial charge in [0.2, 0.25) is 0 Å². The van der Waals surface area contributed by atoms with Crippen LogP contribution in [0.5, 0.6) is 0 Å². The Morgan fingerprint density at radius 3 is 2.68 bits per heavy atom. The zero-order valence-electron chi connectivity index (χ0n) is 9.65. The standard InChI is InChI=1S/C12H10BrClN4O/c13-8-2-3-10(9(14)5-8)17-12(19)7-1-4-11(18-15)16-6-7/h1-6H,15H2,(H,16,18)(H,17,19). The van der Waals surface area contributed by atoms with Crippen LogP contribution >= 0.6 is 27.5 Å². The number of pyridine rings is 1. The first-order valence-corrected chi connectivity index (χ1v) is 6.46. The SMILES string of the molecule is NNc1ccc(C(=O)Nc2ccc(Br)cc2Cl)cn1. The minimum Gasteiger partial charge on any atom is -0.321 e. The van der Waals surface area contributed by atoms with Crippen molar-refractivity contribution in [2.45, 2.75) is 0 Å². The first-order chi connectivity index (χ1) is 9.10. The molecule has 0 aliphatic rings.